The molecule has 1 atom stereocenters. The average Bonchev–Trinajstić information content (AvgIpc) is 3.09. The highest BCUT2D eigenvalue weighted by Gasteiger charge is 2.20. The van der Waals surface area contributed by atoms with E-state index in [-0.39, 0.29) is 17.6 Å². The van der Waals surface area contributed by atoms with Crippen LogP contribution >= 0.6 is 23.1 Å². The summed E-state index contributed by atoms with van der Waals surface area (Å²) in [5, 5.41) is 6.74. The summed E-state index contributed by atoms with van der Waals surface area (Å²) in [6.45, 7) is 3.68. The molecule has 0 saturated carbocycles. The van der Waals surface area contributed by atoms with E-state index in [2.05, 4.69) is 15.4 Å². The smallest absolute Gasteiger partial charge is 0.350 e. The number of thioether (sulfide) groups is 1. The van der Waals surface area contributed by atoms with Gasteiger partial charge in [0.2, 0.25) is 11.8 Å². The second-order valence-corrected chi connectivity index (χ2v) is 7.76. The number of ether oxygens (including phenoxy) is 1. The van der Waals surface area contributed by atoms with Crippen LogP contribution in [-0.2, 0) is 14.3 Å². The van der Waals surface area contributed by atoms with Crippen molar-refractivity contribution in [3.05, 3.63) is 46.2 Å². The number of amides is 2. The zero-order valence-electron chi connectivity index (χ0n) is 14.7. The van der Waals surface area contributed by atoms with Gasteiger partial charge in [-0.3, -0.25) is 9.59 Å². The molecule has 0 aliphatic rings. The molecule has 0 bridgehead atoms. The van der Waals surface area contributed by atoms with E-state index in [1.165, 1.54) is 30.2 Å². The Morgan fingerprint density at radius 3 is 2.50 bits per heavy atom. The lowest BCUT2D eigenvalue weighted by Crippen LogP contribution is -2.25. The molecule has 0 spiro atoms. The van der Waals surface area contributed by atoms with Gasteiger partial charge >= 0.3 is 5.97 Å². The van der Waals surface area contributed by atoms with E-state index < -0.39 is 11.2 Å². The van der Waals surface area contributed by atoms with Gasteiger partial charge in [-0.25, -0.2) is 4.79 Å². The van der Waals surface area contributed by atoms with Crippen molar-refractivity contribution in [1.82, 2.24) is 0 Å². The molecule has 2 amide bonds. The number of carbonyl (C=O) groups excluding carboxylic acids is 3. The van der Waals surface area contributed by atoms with Crippen molar-refractivity contribution in [1.29, 1.82) is 0 Å². The van der Waals surface area contributed by atoms with Crippen LogP contribution in [0.15, 0.2) is 35.7 Å². The van der Waals surface area contributed by atoms with Crippen molar-refractivity contribution in [2.75, 3.05) is 23.5 Å². The number of benzene rings is 1. The first-order valence-electron chi connectivity index (χ1n) is 7.85. The monoisotopic (exact) mass is 392 g/mol. The van der Waals surface area contributed by atoms with Crippen molar-refractivity contribution in [3.63, 3.8) is 0 Å². The number of nitrogens with one attached hydrogen (secondary N) is 2. The summed E-state index contributed by atoms with van der Waals surface area (Å²) in [6.07, 6.45) is 0. The fraction of sp³-hybridized carbons (Fsp3) is 0.278. The van der Waals surface area contributed by atoms with Crippen molar-refractivity contribution < 1.29 is 19.1 Å². The molecular weight excluding hydrogens is 372 g/mol. The molecule has 1 aromatic heterocycles. The fourth-order valence-electron chi connectivity index (χ4n) is 2.00. The summed E-state index contributed by atoms with van der Waals surface area (Å²) in [6, 6.07) is 9.14. The van der Waals surface area contributed by atoms with Gasteiger partial charge in [0.1, 0.15) is 4.88 Å². The summed E-state index contributed by atoms with van der Waals surface area (Å²) in [5.74, 6) is -0.797. The van der Waals surface area contributed by atoms with Crippen molar-refractivity contribution >= 4 is 52.3 Å². The summed E-state index contributed by atoms with van der Waals surface area (Å²) in [5.41, 5.74) is 2.25. The minimum Gasteiger partial charge on any atom is -0.465 e. The standard InChI is InChI=1S/C18H20N2O4S2/c1-11-4-6-13(7-5-11)19-15(21)10-26-12(2)17(22)20-14-8-9-25-16(14)18(23)24-3/h4-9,12H,10H2,1-3H3,(H,19,21)(H,20,22). The van der Waals surface area contributed by atoms with Crippen LogP contribution in [-0.4, -0.2) is 35.9 Å². The number of esters is 1. The minimum absolute atomic E-state index is 0.149. The molecule has 0 aliphatic heterocycles. The van der Waals surface area contributed by atoms with Crippen molar-refractivity contribution in [3.8, 4) is 0 Å². The highest BCUT2D eigenvalue weighted by molar-refractivity contribution is 8.01. The largest absolute Gasteiger partial charge is 0.465 e. The molecule has 1 aromatic carbocycles. The molecule has 0 saturated heterocycles. The Bertz CT molecular complexity index is 787. The molecule has 2 N–H and O–H groups in total. The van der Waals surface area contributed by atoms with Crippen molar-refractivity contribution in [2.45, 2.75) is 19.1 Å². The first kappa shape index (κ1) is 20.0. The first-order chi connectivity index (χ1) is 12.4. The van der Waals surface area contributed by atoms with Crippen LogP contribution in [0.5, 0.6) is 0 Å². The number of rotatable bonds is 7. The molecule has 1 heterocycles. The highest BCUT2D eigenvalue weighted by atomic mass is 32.2. The predicted molar refractivity (Wildman–Crippen MR) is 106 cm³/mol. The number of anilines is 2. The Kier molecular flexibility index (Phi) is 7.23. The predicted octanol–water partition coefficient (Wildman–Crippen LogP) is 3.54. The minimum atomic E-state index is -0.493. The van der Waals surface area contributed by atoms with Crippen LogP contribution < -0.4 is 10.6 Å². The van der Waals surface area contributed by atoms with Crippen LogP contribution in [0.2, 0.25) is 0 Å². The van der Waals surface area contributed by atoms with Gasteiger partial charge in [0.05, 0.1) is 23.8 Å². The van der Waals surface area contributed by atoms with E-state index in [1.54, 1.807) is 18.4 Å². The maximum atomic E-state index is 12.3. The Labute approximate surface area is 160 Å². The Morgan fingerprint density at radius 1 is 1.15 bits per heavy atom. The van der Waals surface area contributed by atoms with Gasteiger partial charge in [0.15, 0.2) is 0 Å². The third-order valence-electron chi connectivity index (χ3n) is 3.46. The van der Waals surface area contributed by atoms with Crippen LogP contribution in [0.4, 0.5) is 11.4 Å². The van der Waals surface area contributed by atoms with Gasteiger partial charge in [-0.05, 0) is 37.4 Å². The second kappa shape index (κ2) is 9.40. The Morgan fingerprint density at radius 2 is 1.85 bits per heavy atom. The van der Waals surface area contributed by atoms with E-state index in [0.29, 0.717) is 10.6 Å². The lowest BCUT2D eigenvalue weighted by molar-refractivity contribution is -0.115. The number of aryl methyl sites for hydroxylation is 1. The molecule has 138 valence electrons. The van der Waals surface area contributed by atoms with E-state index >= 15 is 0 Å². The van der Waals surface area contributed by atoms with Gasteiger partial charge in [-0.2, -0.15) is 0 Å². The molecule has 1 unspecified atom stereocenters. The maximum Gasteiger partial charge on any atom is 0.350 e. The zero-order valence-corrected chi connectivity index (χ0v) is 16.3. The third-order valence-corrected chi connectivity index (χ3v) is 5.50. The summed E-state index contributed by atoms with van der Waals surface area (Å²) in [7, 11) is 1.29. The number of hydrogen-bond donors (Lipinski definition) is 2. The molecule has 6 nitrogen and oxygen atoms in total. The van der Waals surface area contributed by atoms with E-state index in [9.17, 15) is 14.4 Å². The van der Waals surface area contributed by atoms with Crippen LogP contribution in [0, 0.1) is 6.92 Å². The molecule has 26 heavy (non-hydrogen) atoms. The summed E-state index contributed by atoms with van der Waals surface area (Å²) in [4.78, 5) is 36.2. The average molecular weight is 393 g/mol. The van der Waals surface area contributed by atoms with Crippen LogP contribution in [0.1, 0.15) is 22.2 Å². The van der Waals surface area contributed by atoms with Gasteiger partial charge in [0, 0.05) is 5.69 Å². The lowest BCUT2D eigenvalue weighted by atomic mass is 10.2. The molecule has 2 rings (SSSR count). The van der Waals surface area contributed by atoms with Gasteiger partial charge in [-0.15, -0.1) is 23.1 Å². The van der Waals surface area contributed by atoms with Gasteiger partial charge in [-0.1, -0.05) is 17.7 Å². The summed E-state index contributed by atoms with van der Waals surface area (Å²) < 4.78 is 4.68. The number of carbonyl (C=O) groups is 3. The number of thiophene rings is 1. The lowest BCUT2D eigenvalue weighted by Gasteiger charge is -2.12. The Balaban J connectivity index is 1.83. The molecule has 8 heteroatoms. The molecular formula is C18H20N2O4S2. The molecule has 0 aliphatic carbocycles. The van der Waals surface area contributed by atoms with Gasteiger partial charge in [0.25, 0.3) is 0 Å². The number of hydrogen-bond acceptors (Lipinski definition) is 6. The second-order valence-electron chi connectivity index (χ2n) is 5.51. The van der Waals surface area contributed by atoms with Crippen LogP contribution in [0.25, 0.3) is 0 Å². The quantitative estimate of drug-likeness (QED) is 0.704. The third kappa shape index (κ3) is 5.60. The first-order valence-corrected chi connectivity index (χ1v) is 9.78. The van der Waals surface area contributed by atoms with E-state index in [0.717, 1.165) is 11.3 Å². The maximum absolute atomic E-state index is 12.3. The van der Waals surface area contributed by atoms with Crippen molar-refractivity contribution in [2.24, 2.45) is 0 Å². The van der Waals surface area contributed by atoms with E-state index in [4.69, 9.17) is 0 Å². The zero-order chi connectivity index (χ0) is 19.1. The molecule has 0 fully saturated rings. The van der Waals surface area contributed by atoms with E-state index in [1.807, 2.05) is 31.2 Å². The van der Waals surface area contributed by atoms with Crippen LogP contribution in [0.3, 0.4) is 0 Å². The summed E-state index contributed by atoms with van der Waals surface area (Å²) >= 11 is 2.42. The number of methoxy groups -OCH3 is 1. The van der Waals surface area contributed by atoms with Gasteiger partial charge < -0.3 is 15.4 Å². The Hall–Kier alpha value is -2.32. The fourth-order valence-corrected chi connectivity index (χ4v) is 3.45. The normalized spacial score (nSPS) is 11.5. The topological polar surface area (TPSA) is 84.5 Å². The SMILES string of the molecule is COC(=O)c1sccc1NC(=O)C(C)SCC(=O)Nc1ccc(C)cc1. The highest BCUT2D eigenvalue weighted by Crippen LogP contribution is 2.24. The molecule has 2 aromatic rings. The molecule has 0 radical (unpaired) electrons.